The highest BCUT2D eigenvalue weighted by Crippen LogP contribution is 2.29. The fourth-order valence-electron chi connectivity index (χ4n) is 3.01. The zero-order valence-corrected chi connectivity index (χ0v) is 13.0. The van der Waals surface area contributed by atoms with E-state index in [4.69, 9.17) is 4.74 Å². The van der Waals surface area contributed by atoms with Crippen LogP contribution in [-0.4, -0.2) is 42.2 Å². The van der Waals surface area contributed by atoms with Crippen molar-refractivity contribution in [3.8, 4) is 5.19 Å². The van der Waals surface area contributed by atoms with Gasteiger partial charge in [0.05, 0.1) is 11.8 Å². The smallest absolute Gasteiger partial charge is 0.273 e. The zero-order valence-electron chi connectivity index (χ0n) is 11.4. The molecular weight excluding hydrogens is 296 g/mol. The van der Waals surface area contributed by atoms with Crippen molar-refractivity contribution in [3.63, 3.8) is 0 Å². The normalized spacial score (nSPS) is 25.9. The van der Waals surface area contributed by atoms with Crippen LogP contribution < -0.4 is 4.74 Å². The molecule has 0 radical (unpaired) electrons. The van der Waals surface area contributed by atoms with E-state index < -0.39 is 10.0 Å². The number of nitrogens with zero attached hydrogens (tertiary/aromatic N) is 2. The fraction of sp³-hybridized carbons (Fsp3) is 0.769. The van der Waals surface area contributed by atoms with E-state index in [-0.39, 0.29) is 11.4 Å². The average Bonchev–Trinajstić information content (AvgIpc) is 3.12. The van der Waals surface area contributed by atoms with E-state index in [0.717, 1.165) is 32.1 Å². The molecule has 0 bridgehead atoms. The Bertz CT molecular complexity index is 524. The number of sulfonamides is 1. The van der Waals surface area contributed by atoms with E-state index >= 15 is 0 Å². The first-order valence-corrected chi connectivity index (χ1v) is 9.59. The lowest BCUT2D eigenvalue weighted by Crippen LogP contribution is -2.39. The van der Waals surface area contributed by atoms with E-state index in [1.54, 1.807) is 10.5 Å². The van der Waals surface area contributed by atoms with E-state index in [1.165, 1.54) is 17.8 Å². The first-order valence-electron chi connectivity index (χ1n) is 7.21. The van der Waals surface area contributed by atoms with Gasteiger partial charge in [0.25, 0.3) is 5.19 Å². The molecule has 20 heavy (non-hydrogen) atoms. The summed E-state index contributed by atoms with van der Waals surface area (Å²) in [6.45, 7) is 1.05. The third-order valence-electron chi connectivity index (χ3n) is 4.12. The minimum atomic E-state index is -3.14. The third kappa shape index (κ3) is 2.99. The van der Waals surface area contributed by atoms with E-state index in [2.05, 4.69) is 4.98 Å². The largest absolute Gasteiger partial charge is 0.465 e. The molecule has 1 aliphatic carbocycles. The van der Waals surface area contributed by atoms with Gasteiger partial charge in [0.2, 0.25) is 10.0 Å². The van der Waals surface area contributed by atoms with E-state index in [0.29, 0.717) is 18.3 Å². The minimum absolute atomic E-state index is 0.0560. The standard InChI is InChI=1S/C13H20N2O3S2/c16-20(17,12-4-2-1-3-5-12)15-8-6-11(10-15)18-13-14-7-9-19-13/h7,9,11-12H,1-6,8,10H2. The Morgan fingerprint density at radius 3 is 2.75 bits per heavy atom. The molecule has 1 saturated heterocycles. The Hall–Kier alpha value is -0.660. The fourth-order valence-corrected chi connectivity index (χ4v) is 5.65. The summed E-state index contributed by atoms with van der Waals surface area (Å²) < 4.78 is 32.5. The van der Waals surface area contributed by atoms with Gasteiger partial charge < -0.3 is 4.74 Å². The van der Waals surface area contributed by atoms with Crippen LogP contribution in [0.1, 0.15) is 38.5 Å². The number of hydrogen-bond donors (Lipinski definition) is 0. The maximum absolute atomic E-state index is 12.6. The molecule has 0 amide bonds. The molecule has 1 unspecified atom stereocenters. The van der Waals surface area contributed by atoms with Crippen LogP contribution >= 0.6 is 11.3 Å². The summed E-state index contributed by atoms with van der Waals surface area (Å²) in [5.41, 5.74) is 0. The number of rotatable bonds is 4. The van der Waals surface area contributed by atoms with Gasteiger partial charge in [-0.2, -0.15) is 4.31 Å². The summed E-state index contributed by atoms with van der Waals surface area (Å²) in [6.07, 6.45) is 7.28. The Balaban J connectivity index is 1.61. The van der Waals surface area contributed by atoms with Crippen molar-refractivity contribution in [1.29, 1.82) is 0 Å². The maximum Gasteiger partial charge on any atom is 0.273 e. The molecule has 3 rings (SSSR count). The average molecular weight is 316 g/mol. The van der Waals surface area contributed by atoms with Gasteiger partial charge in [-0.3, -0.25) is 0 Å². The Labute approximate surface area is 124 Å². The van der Waals surface area contributed by atoms with Gasteiger partial charge in [0, 0.05) is 18.1 Å². The number of thiazole rings is 1. The lowest BCUT2D eigenvalue weighted by atomic mass is 10.0. The minimum Gasteiger partial charge on any atom is -0.465 e. The molecule has 1 aromatic heterocycles. The van der Waals surface area contributed by atoms with Gasteiger partial charge in [0.1, 0.15) is 6.10 Å². The van der Waals surface area contributed by atoms with Crippen molar-refractivity contribution in [2.45, 2.75) is 49.9 Å². The predicted octanol–water partition coefficient (Wildman–Crippen LogP) is 2.26. The molecule has 2 heterocycles. The third-order valence-corrected chi connectivity index (χ3v) is 7.14. The molecular formula is C13H20N2O3S2. The molecule has 2 aliphatic rings. The van der Waals surface area contributed by atoms with Crippen LogP contribution in [0.2, 0.25) is 0 Å². The molecule has 2 fully saturated rings. The maximum atomic E-state index is 12.6. The van der Waals surface area contributed by atoms with Crippen LogP contribution in [0.15, 0.2) is 11.6 Å². The molecule has 0 aromatic carbocycles. The summed E-state index contributed by atoms with van der Waals surface area (Å²) in [4.78, 5) is 4.09. The first-order chi connectivity index (χ1) is 9.66. The van der Waals surface area contributed by atoms with Gasteiger partial charge in [-0.1, -0.05) is 30.6 Å². The topological polar surface area (TPSA) is 59.5 Å². The van der Waals surface area contributed by atoms with Gasteiger partial charge >= 0.3 is 0 Å². The summed E-state index contributed by atoms with van der Waals surface area (Å²) in [5, 5.41) is 2.32. The monoisotopic (exact) mass is 316 g/mol. The van der Waals surface area contributed by atoms with Gasteiger partial charge in [-0.05, 0) is 19.3 Å². The van der Waals surface area contributed by atoms with Crippen molar-refractivity contribution in [3.05, 3.63) is 11.6 Å². The second-order valence-corrected chi connectivity index (χ2v) is 8.56. The summed E-state index contributed by atoms with van der Waals surface area (Å²) in [6, 6.07) is 0. The molecule has 5 nitrogen and oxygen atoms in total. The lowest BCUT2D eigenvalue weighted by molar-refractivity contribution is 0.214. The highest BCUT2D eigenvalue weighted by atomic mass is 32.2. The first kappa shape index (κ1) is 14.3. The Morgan fingerprint density at radius 1 is 1.25 bits per heavy atom. The van der Waals surface area contributed by atoms with Crippen molar-refractivity contribution >= 4 is 21.4 Å². The highest BCUT2D eigenvalue weighted by Gasteiger charge is 2.38. The summed E-state index contributed by atoms with van der Waals surface area (Å²) in [5.74, 6) is 0. The van der Waals surface area contributed by atoms with E-state index in [1.807, 2.05) is 5.38 Å². The Morgan fingerprint density at radius 2 is 2.05 bits per heavy atom. The SMILES string of the molecule is O=S(=O)(C1CCCCC1)N1CCC(Oc2nccs2)C1. The van der Waals surface area contributed by atoms with Crippen molar-refractivity contribution in [2.75, 3.05) is 13.1 Å². The van der Waals surface area contributed by atoms with Crippen LogP contribution in [0.3, 0.4) is 0 Å². The molecule has 112 valence electrons. The summed E-state index contributed by atoms with van der Waals surface area (Å²) >= 11 is 1.45. The van der Waals surface area contributed by atoms with E-state index in [9.17, 15) is 8.42 Å². The van der Waals surface area contributed by atoms with Gasteiger partial charge in [-0.25, -0.2) is 13.4 Å². The molecule has 0 spiro atoms. The molecule has 1 saturated carbocycles. The highest BCUT2D eigenvalue weighted by molar-refractivity contribution is 7.89. The second-order valence-electron chi connectivity index (χ2n) is 5.49. The van der Waals surface area contributed by atoms with Crippen molar-refractivity contribution < 1.29 is 13.2 Å². The lowest BCUT2D eigenvalue weighted by Gasteiger charge is -2.26. The van der Waals surface area contributed by atoms with Crippen molar-refractivity contribution in [2.24, 2.45) is 0 Å². The van der Waals surface area contributed by atoms with Crippen molar-refractivity contribution in [1.82, 2.24) is 9.29 Å². The molecule has 1 aromatic rings. The molecule has 7 heteroatoms. The molecule has 1 aliphatic heterocycles. The van der Waals surface area contributed by atoms with Crippen LogP contribution in [0.4, 0.5) is 0 Å². The predicted molar refractivity (Wildman–Crippen MR) is 78.5 cm³/mol. The quantitative estimate of drug-likeness (QED) is 0.855. The van der Waals surface area contributed by atoms with Crippen LogP contribution in [-0.2, 0) is 10.0 Å². The molecule has 1 atom stereocenters. The zero-order chi connectivity index (χ0) is 14.0. The number of hydrogen-bond acceptors (Lipinski definition) is 5. The Kier molecular flexibility index (Phi) is 4.28. The van der Waals surface area contributed by atoms with Crippen LogP contribution in [0.25, 0.3) is 0 Å². The molecule has 0 N–H and O–H groups in total. The van der Waals surface area contributed by atoms with Crippen LogP contribution in [0.5, 0.6) is 5.19 Å². The second kappa shape index (κ2) is 5.99. The van der Waals surface area contributed by atoms with Crippen LogP contribution in [0, 0.1) is 0 Å². The summed E-state index contributed by atoms with van der Waals surface area (Å²) in [7, 11) is -3.14. The van der Waals surface area contributed by atoms with Gasteiger partial charge in [0.15, 0.2) is 0 Å². The van der Waals surface area contributed by atoms with Gasteiger partial charge in [-0.15, -0.1) is 0 Å². The number of ether oxygens (including phenoxy) is 1. The number of aromatic nitrogens is 1.